The molecule has 0 aliphatic carbocycles. The van der Waals surface area contributed by atoms with Crippen LogP contribution in [0.2, 0.25) is 0 Å². The number of Topliss-reactive ketones (excluding diaryl/α,β-unsaturated/α-hetero) is 2. The molecule has 0 aromatic rings. The summed E-state index contributed by atoms with van der Waals surface area (Å²) in [5.74, 6) is -1.61. The van der Waals surface area contributed by atoms with Crippen molar-refractivity contribution in [3.8, 4) is 0 Å². The van der Waals surface area contributed by atoms with Crippen molar-refractivity contribution in [2.75, 3.05) is 0 Å². The van der Waals surface area contributed by atoms with E-state index in [-0.39, 0.29) is 36.7 Å². The van der Waals surface area contributed by atoms with Crippen LogP contribution in [0.4, 0.5) is 0 Å². The molecule has 52 heavy (non-hydrogen) atoms. The van der Waals surface area contributed by atoms with E-state index in [1.165, 1.54) is 89.9 Å². The van der Waals surface area contributed by atoms with Crippen LogP contribution in [0.15, 0.2) is 24.3 Å². The number of carbonyl (C=O) groups is 4. The lowest BCUT2D eigenvalue weighted by Crippen LogP contribution is -2.50. The van der Waals surface area contributed by atoms with Crippen LogP contribution in [-0.4, -0.2) is 23.4 Å². The van der Waals surface area contributed by atoms with Gasteiger partial charge in [-0.2, -0.15) is 0 Å². The van der Waals surface area contributed by atoms with E-state index in [9.17, 15) is 19.2 Å². The van der Waals surface area contributed by atoms with E-state index in [4.69, 9.17) is 11.5 Å². The van der Waals surface area contributed by atoms with E-state index >= 15 is 0 Å². The van der Waals surface area contributed by atoms with Crippen molar-refractivity contribution in [1.82, 2.24) is 0 Å². The topological polar surface area (TPSA) is 120 Å². The molecule has 0 aromatic carbocycles. The second-order valence-corrected chi connectivity index (χ2v) is 15.5. The standard InChI is InChI=1S/C46H84N2O4/c1-3-5-7-9-11-13-15-17-19-21-23-25-27-30-34-38-42(49)46(45(48)52,41-37-33-29-32-36-40-44(47)51)43(50)39-35-31-28-26-24-22-20-18-16-14-12-10-8-6-4-2/h17-20H,3-16,21-41H2,1-2H3,(H2,47,51)(H2,48,52)/b19-17-,20-18-. The Balaban J connectivity index is 4.64. The third-order valence-electron chi connectivity index (χ3n) is 10.7. The second kappa shape index (κ2) is 37.1. The second-order valence-electron chi connectivity index (χ2n) is 15.5. The average molecular weight is 729 g/mol. The minimum atomic E-state index is -1.70. The molecule has 0 fully saturated rings. The summed E-state index contributed by atoms with van der Waals surface area (Å²) in [7, 11) is 0. The molecule has 0 aromatic heterocycles. The van der Waals surface area contributed by atoms with Crippen LogP contribution in [0.25, 0.3) is 0 Å². The normalized spacial score (nSPS) is 12.0. The molecular weight excluding hydrogens is 645 g/mol. The van der Waals surface area contributed by atoms with Crippen LogP contribution in [0.3, 0.4) is 0 Å². The zero-order valence-corrected chi connectivity index (χ0v) is 34.3. The molecule has 2 amide bonds. The largest absolute Gasteiger partial charge is 0.370 e. The molecule has 0 spiro atoms. The molecule has 4 N–H and O–H groups in total. The van der Waals surface area contributed by atoms with E-state index in [0.717, 1.165) is 89.9 Å². The van der Waals surface area contributed by atoms with Gasteiger partial charge >= 0.3 is 0 Å². The molecule has 0 rings (SSSR count). The Morgan fingerprint density at radius 2 is 0.673 bits per heavy atom. The molecule has 6 nitrogen and oxygen atoms in total. The number of rotatable bonds is 41. The first-order valence-electron chi connectivity index (χ1n) is 22.3. The number of nitrogens with two attached hydrogens (primary N) is 2. The van der Waals surface area contributed by atoms with Crippen molar-refractivity contribution in [2.24, 2.45) is 16.9 Å². The Morgan fingerprint density at radius 1 is 0.385 bits per heavy atom. The zero-order valence-electron chi connectivity index (χ0n) is 34.3. The SMILES string of the molecule is CCCCCCCC/C=C\CCCCCCCC(=O)C(CCCCCCCC(N)=O)(C(N)=O)C(=O)CCCCCCC/C=C\CCCCCCCC. The molecule has 0 aliphatic rings. The molecule has 0 heterocycles. The monoisotopic (exact) mass is 729 g/mol. The zero-order chi connectivity index (χ0) is 38.4. The van der Waals surface area contributed by atoms with Crippen molar-refractivity contribution >= 4 is 23.4 Å². The summed E-state index contributed by atoms with van der Waals surface area (Å²) in [6.45, 7) is 4.51. The van der Waals surface area contributed by atoms with Crippen molar-refractivity contribution in [3.05, 3.63) is 24.3 Å². The molecule has 0 saturated carbocycles. The molecular formula is C46H84N2O4. The lowest BCUT2D eigenvalue weighted by atomic mass is 9.71. The number of carbonyl (C=O) groups excluding carboxylic acids is 4. The summed E-state index contributed by atoms with van der Waals surface area (Å²) in [6.07, 6.45) is 44.6. The Labute approximate surface area is 321 Å². The van der Waals surface area contributed by atoms with Crippen LogP contribution in [-0.2, 0) is 19.2 Å². The van der Waals surface area contributed by atoms with Crippen LogP contribution >= 0.6 is 0 Å². The van der Waals surface area contributed by atoms with Crippen LogP contribution in [0, 0.1) is 5.41 Å². The van der Waals surface area contributed by atoms with Gasteiger partial charge in [0.1, 0.15) is 0 Å². The van der Waals surface area contributed by atoms with E-state index < -0.39 is 11.3 Å². The lowest BCUT2D eigenvalue weighted by molar-refractivity contribution is -0.149. The van der Waals surface area contributed by atoms with Crippen LogP contribution in [0.1, 0.15) is 239 Å². The minimum absolute atomic E-state index is 0.200. The Morgan fingerprint density at radius 3 is 1.00 bits per heavy atom. The van der Waals surface area contributed by atoms with Gasteiger partial charge in [-0.05, 0) is 77.0 Å². The van der Waals surface area contributed by atoms with Crippen molar-refractivity contribution in [3.63, 3.8) is 0 Å². The van der Waals surface area contributed by atoms with Gasteiger partial charge in [0.25, 0.3) is 0 Å². The summed E-state index contributed by atoms with van der Waals surface area (Å²) in [6, 6.07) is 0. The highest BCUT2D eigenvalue weighted by molar-refractivity contribution is 6.23. The van der Waals surface area contributed by atoms with Gasteiger partial charge in [0.2, 0.25) is 11.8 Å². The predicted molar refractivity (Wildman–Crippen MR) is 222 cm³/mol. The predicted octanol–water partition coefficient (Wildman–Crippen LogP) is 12.9. The van der Waals surface area contributed by atoms with Gasteiger partial charge in [-0.1, -0.05) is 167 Å². The Bertz CT molecular complexity index is 889. The smallest absolute Gasteiger partial charge is 0.238 e. The maximum Gasteiger partial charge on any atom is 0.238 e. The number of hydrogen-bond donors (Lipinski definition) is 2. The summed E-state index contributed by atoms with van der Waals surface area (Å²) in [4.78, 5) is 51.4. The third-order valence-corrected chi connectivity index (χ3v) is 10.7. The molecule has 302 valence electrons. The van der Waals surface area contributed by atoms with Crippen LogP contribution in [0.5, 0.6) is 0 Å². The van der Waals surface area contributed by atoms with Gasteiger partial charge in [0, 0.05) is 19.3 Å². The number of hydrogen-bond acceptors (Lipinski definition) is 4. The third kappa shape index (κ3) is 28.3. The van der Waals surface area contributed by atoms with Gasteiger partial charge in [-0.3, -0.25) is 19.2 Å². The number of ketones is 2. The van der Waals surface area contributed by atoms with E-state index in [1.54, 1.807) is 0 Å². The van der Waals surface area contributed by atoms with Gasteiger partial charge in [-0.15, -0.1) is 0 Å². The summed E-state index contributed by atoms with van der Waals surface area (Å²) in [5, 5.41) is 0. The molecule has 0 bridgehead atoms. The molecule has 0 aliphatic heterocycles. The first-order valence-corrected chi connectivity index (χ1v) is 22.3. The Kier molecular flexibility index (Phi) is 35.5. The van der Waals surface area contributed by atoms with Crippen LogP contribution < -0.4 is 11.5 Å². The highest BCUT2D eigenvalue weighted by Crippen LogP contribution is 2.33. The molecule has 0 unspecified atom stereocenters. The number of unbranched alkanes of at least 4 members (excludes halogenated alkanes) is 26. The van der Waals surface area contributed by atoms with Crippen molar-refractivity contribution < 1.29 is 19.2 Å². The number of primary amides is 2. The lowest BCUT2D eigenvalue weighted by Gasteiger charge is -2.28. The summed E-state index contributed by atoms with van der Waals surface area (Å²) in [5.41, 5.74) is 9.49. The van der Waals surface area contributed by atoms with Gasteiger partial charge in [0.15, 0.2) is 17.0 Å². The first-order chi connectivity index (χ1) is 25.3. The van der Waals surface area contributed by atoms with Crippen molar-refractivity contribution in [1.29, 1.82) is 0 Å². The van der Waals surface area contributed by atoms with E-state index in [2.05, 4.69) is 38.2 Å². The fourth-order valence-corrected chi connectivity index (χ4v) is 7.19. The average Bonchev–Trinajstić information content (AvgIpc) is 3.12. The highest BCUT2D eigenvalue weighted by Gasteiger charge is 2.48. The van der Waals surface area contributed by atoms with E-state index in [0.29, 0.717) is 25.7 Å². The van der Waals surface area contributed by atoms with Gasteiger partial charge in [0.05, 0.1) is 0 Å². The molecule has 0 saturated heterocycles. The van der Waals surface area contributed by atoms with E-state index in [1.807, 2.05) is 0 Å². The quantitative estimate of drug-likeness (QED) is 0.0370. The molecule has 0 radical (unpaired) electrons. The number of amides is 2. The number of allylic oxidation sites excluding steroid dienone is 4. The summed E-state index contributed by atoms with van der Waals surface area (Å²) >= 11 is 0. The van der Waals surface area contributed by atoms with Gasteiger partial charge < -0.3 is 11.5 Å². The summed E-state index contributed by atoms with van der Waals surface area (Å²) < 4.78 is 0. The maximum atomic E-state index is 13.7. The first kappa shape index (κ1) is 49.8. The fourth-order valence-electron chi connectivity index (χ4n) is 7.19. The maximum absolute atomic E-state index is 13.7. The Hall–Kier alpha value is -2.24. The van der Waals surface area contributed by atoms with Gasteiger partial charge in [-0.25, -0.2) is 0 Å². The molecule has 0 atom stereocenters. The van der Waals surface area contributed by atoms with Crippen molar-refractivity contribution in [2.45, 2.75) is 239 Å². The highest BCUT2D eigenvalue weighted by atomic mass is 16.2. The fraction of sp³-hybridized carbons (Fsp3) is 0.826. The molecule has 6 heteroatoms. The minimum Gasteiger partial charge on any atom is -0.370 e.